The van der Waals surface area contributed by atoms with Crippen LogP contribution >= 0.6 is 0 Å². The van der Waals surface area contributed by atoms with Crippen LogP contribution < -0.4 is 14.2 Å². The Morgan fingerprint density at radius 2 is 1.85 bits per heavy atom. The molecule has 0 N–H and O–H groups in total. The number of ketones is 1. The van der Waals surface area contributed by atoms with Crippen molar-refractivity contribution in [2.75, 3.05) is 26.4 Å². The Morgan fingerprint density at radius 1 is 1.04 bits per heavy atom. The molecule has 0 saturated heterocycles. The largest absolute Gasteiger partial charge is 0.493 e. The minimum atomic E-state index is -0.483. The van der Waals surface area contributed by atoms with E-state index in [0.717, 1.165) is 5.56 Å². The van der Waals surface area contributed by atoms with Crippen molar-refractivity contribution < 1.29 is 28.5 Å². The van der Waals surface area contributed by atoms with Crippen molar-refractivity contribution in [1.82, 2.24) is 0 Å². The van der Waals surface area contributed by atoms with Crippen LogP contribution in [0.1, 0.15) is 22.3 Å². The highest BCUT2D eigenvalue weighted by molar-refractivity contribution is 5.98. The number of benzene rings is 2. The molecule has 0 radical (unpaired) electrons. The van der Waals surface area contributed by atoms with E-state index in [1.165, 1.54) is 0 Å². The minimum absolute atomic E-state index is 0.0718. The number of carbonyl (C=O) groups excluding carboxylic acids is 2. The molecule has 1 aliphatic rings. The molecule has 0 aromatic heterocycles. The van der Waals surface area contributed by atoms with Crippen LogP contribution in [0, 0.1) is 6.92 Å². The first kappa shape index (κ1) is 17.8. The van der Waals surface area contributed by atoms with E-state index in [0.29, 0.717) is 36.0 Å². The van der Waals surface area contributed by atoms with Crippen molar-refractivity contribution >= 4 is 11.8 Å². The third-order valence-corrected chi connectivity index (χ3v) is 3.79. The van der Waals surface area contributed by atoms with E-state index >= 15 is 0 Å². The molecule has 0 amide bonds. The SMILES string of the molecule is Cc1cccc(OCCC(=O)OCC(=O)c2ccc3c(c2)OCCO3)c1. The van der Waals surface area contributed by atoms with E-state index in [1.807, 2.05) is 31.2 Å². The molecule has 136 valence electrons. The van der Waals surface area contributed by atoms with Gasteiger partial charge in [-0.15, -0.1) is 0 Å². The summed E-state index contributed by atoms with van der Waals surface area (Å²) in [6.07, 6.45) is 0.0718. The summed E-state index contributed by atoms with van der Waals surface area (Å²) in [5.41, 5.74) is 1.49. The van der Waals surface area contributed by atoms with Gasteiger partial charge in [-0.3, -0.25) is 9.59 Å². The smallest absolute Gasteiger partial charge is 0.309 e. The van der Waals surface area contributed by atoms with Gasteiger partial charge in [0.1, 0.15) is 19.0 Å². The fourth-order valence-electron chi connectivity index (χ4n) is 2.48. The summed E-state index contributed by atoms with van der Waals surface area (Å²) in [7, 11) is 0. The topological polar surface area (TPSA) is 71.1 Å². The van der Waals surface area contributed by atoms with Gasteiger partial charge in [0, 0.05) is 5.56 Å². The molecule has 0 unspecified atom stereocenters. The quantitative estimate of drug-likeness (QED) is 0.561. The fraction of sp³-hybridized carbons (Fsp3) is 0.300. The van der Waals surface area contributed by atoms with Gasteiger partial charge in [0.15, 0.2) is 23.9 Å². The second kappa shape index (κ2) is 8.38. The maximum absolute atomic E-state index is 12.2. The molecule has 0 atom stereocenters. The lowest BCUT2D eigenvalue weighted by Gasteiger charge is -2.18. The van der Waals surface area contributed by atoms with Crippen molar-refractivity contribution in [3.63, 3.8) is 0 Å². The normalized spacial score (nSPS) is 12.3. The van der Waals surface area contributed by atoms with E-state index in [1.54, 1.807) is 18.2 Å². The minimum Gasteiger partial charge on any atom is -0.493 e. The Kier molecular flexibility index (Phi) is 5.73. The molecule has 2 aromatic rings. The predicted molar refractivity (Wildman–Crippen MR) is 94.0 cm³/mol. The molecule has 1 aliphatic heterocycles. The number of esters is 1. The molecule has 1 heterocycles. The number of ether oxygens (including phenoxy) is 4. The average molecular weight is 356 g/mol. The summed E-state index contributed by atoms with van der Waals surface area (Å²) in [4.78, 5) is 23.9. The second-order valence-corrected chi connectivity index (χ2v) is 5.86. The van der Waals surface area contributed by atoms with E-state index in [2.05, 4.69) is 0 Å². The third-order valence-electron chi connectivity index (χ3n) is 3.79. The standard InChI is InChI=1S/C20H20O6/c1-14-3-2-4-16(11-14)23-8-7-20(22)26-13-17(21)15-5-6-18-19(12-15)25-10-9-24-18/h2-6,11-12H,7-10,13H2,1H3. The summed E-state index contributed by atoms with van der Waals surface area (Å²) < 4.78 is 21.4. The number of hydrogen-bond acceptors (Lipinski definition) is 6. The van der Waals surface area contributed by atoms with E-state index in [9.17, 15) is 9.59 Å². The zero-order valence-corrected chi connectivity index (χ0v) is 14.5. The number of carbonyl (C=O) groups is 2. The fourth-order valence-corrected chi connectivity index (χ4v) is 2.48. The van der Waals surface area contributed by atoms with Crippen LogP contribution in [0.2, 0.25) is 0 Å². The molecule has 0 saturated carbocycles. The van der Waals surface area contributed by atoms with Crippen LogP contribution in [-0.4, -0.2) is 38.2 Å². The monoisotopic (exact) mass is 356 g/mol. The summed E-state index contributed by atoms with van der Waals surface area (Å²) in [6.45, 7) is 2.77. The van der Waals surface area contributed by atoms with Crippen molar-refractivity contribution in [2.24, 2.45) is 0 Å². The van der Waals surface area contributed by atoms with Gasteiger partial charge in [0.25, 0.3) is 0 Å². The molecule has 6 nitrogen and oxygen atoms in total. The lowest BCUT2D eigenvalue weighted by Crippen LogP contribution is -2.18. The number of rotatable bonds is 7. The summed E-state index contributed by atoms with van der Waals surface area (Å²) in [5.74, 6) is 1.06. The Bertz CT molecular complexity index is 799. The molecule has 26 heavy (non-hydrogen) atoms. The van der Waals surface area contributed by atoms with Gasteiger partial charge < -0.3 is 18.9 Å². The predicted octanol–water partition coefficient (Wildman–Crippen LogP) is 2.96. The van der Waals surface area contributed by atoms with Crippen LogP contribution in [-0.2, 0) is 9.53 Å². The summed E-state index contributed by atoms with van der Waals surface area (Å²) in [6, 6.07) is 12.5. The first-order valence-corrected chi connectivity index (χ1v) is 8.40. The summed E-state index contributed by atoms with van der Waals surface area (Å²) in [5, 5.41) is 0. The van der Waals surface area contributed by atoms with E-state index in [4.69, 9.17) is 18.9 Å². The van der Waals surface area contributed by atoms with Gasteiger partial charge in [0.05, 0.1) is 13.0 Å². The molecule has 6 heteroatoms. The molecular weight excluding hydrogens is 336 g/mol. The Hall–Kier alpha value is -3.02. The van der Waals surface area contributed by atoms with Crippen LogP contribution in [0.3, 0.4) is 0 Å². The highest BCUT2D eigenvalue weighted by Crippen LogP contribution is 2.30. The number of aryl methyl sites for hydroxylation is 1. The summed E-state index contributed by atoms with van der Waals surface area (Å²) >= 11 is 0. The van der Waals surface area contributed by atoms with Crippen LogP contribution in [0.4, 0.5) is 0 Å². The van der Waals surface area contributed by atoms with Gasteiger partial charge >= 0.3 is 5.97 Å². The zero-order valence-electron chi connectivity index (χ0n) is 14.5. The number of Topliss-reactive ketones (excluding diaryl/α,β-unsaturated/α-hetero) is 1. The van der Waals surface area contributed by atoms with E-state index < -0.39 is 5.97 Å². The molecule has 2 aromatic carbocycles. The maximum Gasteiger partial charge on any atom is 0.309 e. The van der Waals surface area contributed by atoms with Gasteiger partial charge in [0.2, 0.25) is 0 Å². The number of hydrogen-bond donors (Lipinski definition) is 0. The van der Waals surface area contributed by atoms with Crippen molar-refractivity contribution in [2.45, 2.75) is 13.3 Å². The molecule has 3 rings (SSSR count). The lowest BCUT2D eigenvalue weighted by atomic mass is 10.1. The molecule has 0 aliphatic carbocycles. The van der Waals surface area contributed by atoms with E-state index in [-0.39, 0.29) is 25.4 Å². The first-order valence-electron chi connectivity index (χ1n) is 8.40. The molecular formula is C20H20O6. The Morgan fingerprint density at radius 3 is 2.65 bits per heavy atom. The molecule has 0 fully saturated rings. The van der Waals surface area contributed by atoms with Crippen LogP contribution in [0.25, 0.3) is 0 Å². The van der Waals surface area contributed by atoms with Crippen molar-refractivity contribution in [3.05, 3.63) is 53.6 Å². The first-order chi connectivity index (χ1) is 12.6. The van der Waals surface area contributed by atoms with Gasteiger partial charge in [-0.25, -0.2) is 0 Å². The lowest BCUT2D eigenvalue weighted by molar-refractivity contribution is -0.143. The Balaban J connectivity index is 1.43. The molecule has 0 bridgehead atoms. The highest BCUT2D eigenvalue weighted by atomic mass is 16.6. The van der Waals surface area contributed by atoms with Gasteiger partial charge in [-0.05, 0) is 42.8 Å². The maximum atomic E-state index is 12.2. The van der Waals surface area contributed by atoms with Crippen LogP contribution in [0.5, 0.6) is 17.2 Å². The van der Waals surface area contributed by atoms with Gasteiger partial charge in [-0.2, -0.15) is 0 Å². The second-order valence-electron chi connectivity index (χ2n) is 5.86. The van der Waals surface area contributed by atoms with Gasteiger partial charge in [-0.1, -0.05) is 12.1 Å². The Labute approximate surface area is 151 Å². The van der Waals surface area contributed by atoms with Crippen molar-refractivity contribution in [1.29, 1.82) is 0 Å². The van der Waals surface area contributed by atoms with Crippen molar-refractivity contribution in [3.8, 4) is 17.2 Å². The highest BCUT2D eigenvalue weighted by Gasteiger charge is 2.16. The average Bonchev–Trinajstić information content (AvgIpc) is 2.66. The zero-order chi connectivity index (χ0) is 18.4. The van der Waals surface area contributed by atoms with Crippen LogP contribution in [0.15, 0.2) is 42.5 Å². The number of fused-ring (bicyclic) bond motifs is 1. The third kappa shape index (κ3) is 4.75. The molecule has 0 spiro atoms.